The van der Waals surface area contributed by atoms with Crippen LogP contribution in [0.5, 0.6) is 0 Å². The quantitative estimate of drug-likeness (QED) is 0.265. The smallest absolute Gasteiger partial charge is 0.328 e. The van der Waals surface area contributed by atoms with Crippen LogP contribution in [0.3, 0.4) is 0 Å². The van der Waals surface area contributed by atoms with Gasteiger partial charge in [0.25, 0.3) is 11.8 Å². The van der Waals surface area contributed by atoms with E-state index in [9.17, 15) is 19.2 Å². The summed E-state index contributed by atoms with van der Waals surface area (Å²) in [6.07, 6.45) is 1.41. The molecule has 4 rings (SSSR count). The third-order valence-electron chi connectivity index (χ3n) is 8.23. The topological polar surface area (TPSA) is 106 Å². The first kappa shape index (κ1) is 35.3. The standard InChI is InChI=1S/C32H42Cl2N6O6/c1-5-35(6-2)15-9-17-37-21-39(27-13-11-23(33)19-25(27)29(37)41)45-31(43)32(44)46-40-22-38(18-10-16-36(7-3)8-4)30(42)26-20-24(34)12-14-28(26)40/h11-14,19-20H,5-10,15-18,21-22H2,1-4H3. The summed E-state index contributed by atoms with van der Waals surface area (Å²) in [7, 11) is 0. The largest absolute Gasteiger partial charge is 0.444 e. The van der Waals surface area contributed by atoms with E-state index in [0.717, 1.165) is 39.3 Å². The Bertz CT molecular complexity index is 1310. The fourth-order valence-corrected chi connectivity index (χ4v) is 5.90. The number of halogens is 2. The molecular formula is C32H42Cl2N6O6. The molecule has 12 nitrogen and oxygen atoms in total. The number of hydroxylamine groups is 2. The van der Waals surface area contributed by atoms with Crippen LogP contribution in [-0.4, -0.2) is 109 Å². The molecule has 250 valence electrons. The van der Waals surface area contributed by atoms with Crippen molar-refractivity contribution in [3.63, 3.8) is 0 Å². The van der Waals surface area contributed by atoms with E-state index in [-0.39, 0.29) is 36.3 Å². The molecule has 0 bridgehead atoms. The summed E-state index contributed by atoms with van der Waals surface area (Å²) in [5.41, 5.74) is 1.11. The number of anilines is 2. The van der Waals surface area contributed by atoms with E-state index in [4.69, 9.17) is 32.9 Å². The Hall–Kier alpha value is -3.58. The highest BCUT2D eigenvalue weighted by Crippen LogP contribution is 2.32. The average molecular weight is 678 g/mol. The predicted octanol–water partition coefficient (Wildman–Crippen LogP) is 4.51. The summed E-state index contributed by atoms with van der Waals surface area (Å²) in [4.78, 5) is 71.5. The number of amides is 2. The summed E-state index contributed by atoms with van der Waals surface area (Å²) < 4.78 is 0. The van der Waals surface area contributed by atoms with Crippen molar-refractivity contribution in [1.82, 2.24) is 19.6 Å². The zero-order valence-electron chi connectivity index (χ0n) is 26.8. The van der Waals surface area contributed by atoms with Gasteiger partial charge in [0.15, 0.2) is 0 Å². The maximum Gasteiger partial charge on any atom is 0.444 e. The fourth-order valence-electron chi connectivity index (χ4n) is 5.55. The van der Waals surface area contributed by atoms with Gasteiger partial charge in [0, 0.05) is 23.1 Å². The Balaban J connectivity index is 1.47. The summed E-state index contributed by atoms with van der Waals surface area (Å²) in [5.74, 6) is -3.08. The fraction of sp³-hybridized carbons (Fsp3) is 0.500. The van der Waals surface area contributed by atoms with Crippen molar-refractivity contribution in [2.75, 3.05) is 75.8 Å². The number of carbonyl (C=O) groups excluding carboxylic acids is 4. The zero-order valence-corrected chi connectivity index (χ0v) is 28.3. The number of hydrogen-bond donors (Lipinski definition) is 0. The molecule has 0 aliphatic carbocycles. The Morgan fingerprint density at radius 1 is 0.674 bits per heavy atom. The minimum atomic E-state index is -1.29. The van der Waals surface area contributed by atoms with Crippen LogP contribution in [-0.2, 0) is 19.3 Å². The van der Waals surface area contributed by atoms with Gasteiger partial charge in [0.1, 0.15) is 13.3 Å². The van der Waals surface area contributed by atoms with E-state index in [0.29, 0.717) is 47.4 Å². The van der Waals surface area contributed by atoms with Gasteiger partial charge in [-0.15, -0.1) is 0 Å². The van der Waals surface area contributed by atoms with Crippen LogP contribution in [0.25, 0.3) is 0 Å². The Morgan fingerprint density at radius 2 is 1.04 bits per heavy atom. The molecule has 0 N–H and O–H groups in total. The molecular weight excluding hydrogens is 635 g/mol. The number of carbonyl (C=O) groups is 4. The third kappa shape index (κ3) is 8.41. The summed E-state index contributed by atoms with van der Waals surface area (Å²) in [6.45, 7) is 14.1. The third-order valence-corrected chi connectivity index (χ3v) is 8.70. The van der Waals surface area contributed by atoms with Crippen molar-refractivity contribution >= 4 is 58.3 Å². The second kappa shape index (κ2) is 16.3. The van der Waals surface area contributed by atoms with Gasteiger partial charge in [-0.05, 0) is 88.5 Å². The van der Waals surface area contributed by atoms with Crippen LogP contribution in [0.4, 0.5) is 11.4 Å². The second-order valence-corrected chi connectivity index (χ2v) is 11.9. The molecule has 0 saturated carbocycles. The summed E-state index contributed by atoms with van der Waals surface area (Å²) >= 11 is 12.4. The minimum absolute atomic E-state index is 0.0788. The monoisotopic (exact) mass is 676 g/mol. The average Bonchev–Trinajstić information content (AvgIpc) is 3.05. The molecule has 0 saturated heterocycles. The lowest BCUT2D eigenvalue weighted by Gasteiger charge is -2.37. The SMILES string of the molecule is CCN(CC)CCCN1CN(OC(=O)C(=O)ON2CN(CCCN(CC)CC)C(=O)c3cc(Cl)ccc32)c2ccc(Cl)cc2C1=O. The highest BCUT2D eigenvalue weighted by molar-refractivity contribution is 6.32. The molecule has 0 unspecified atom stereocenters. The van der Waals surface area contributed by atoms with Crippen molar-refractivity contribution in [2.45, 2.75) is 40.5 Å². The van der Waals surface area contributed by atoms with Crippen LogP contribution in [0.2, 0.25) is 10.0 Å². The molecule has 2 aliphatic heterocycles. The molecule has 2 heterocycles. The zero-order chi connectivity index (χ0) is 33.4. The number of fused-ring (bicyclic) bond motifs is 2. The molecule has 0 aromatic heterocycles. The summed E-state index contributed by atoms with van der Waals surface area (Å²) in [5, 5.41) is 3.09. The Labute approximate surface area is 280 Å². The molecule has 2 aliphatic rings. The Kier molecular flexibility index (Phi) is 12.5. The highest BCUT2D eigenvalue weighted by Gasteiger charge is 2.36. The van der Waals surface area contributed by atoms with E-state index < -0.39 is 11.9 Å². The first-order chi connectivity index (χ1) is 22.1. The minimum Gasteiger partial charge on any atom is -0.328 e. The van der Waals surface area contributed by atoms with Crippen molar-refractivity contribution in [3.8, 4) is 0 Å². The van der Waals surface area contributed by atoms with Gasteiger partial charge in [-0.3, -0.25) is 9.59 Å². The van der Waals surface area contributed by atoms with Gasteiger partial charge < -0.3 is 29.3 Å². The molecule has 2 aromatic rings. The molecule has 2 aromatic carbocycles. The van der Waals surface area contributed by atoms with Crippen LogP contribution in [0.15, 0.2) is 36.4 Å². The molecule has 14 heteroatoms. The first-order valence-corrected chi connectivity index (χ1v) is 16.5. The Morgan fingerprint density at radius 3 is 1.39 bits per heavy atom. The number of hydrogen-bond acceptors (Lipinski definition) is 10. The number of nitrogens with zero attached hydrogens (tertiary/aromatic N) is 6. The predicted molar refractivity (Wildman–Crippen MR) is 177 cm³/mol. The van der Waals surface area contributed by atoms with Crippen molar-refractivity contribution in [1.29, 1.82) is 0 Å². The molecule has 0 fully saturated rings. The molecule has 2 amide bonds. The van der Waals surface area contributed by atoms with Crippen LogP contribution in [0, 0.1) is 0 Å². The van der Waals surface area contributed by atoms with Gasteiger partial charge in [-0.25, -0.2) is 9.59 Å². The summed E-state index contributed by atoms with van der Waals surface area (Å²) in [6, 6.07) is 9.30. The van der Waals surface area contributed by atoms with Crippen molar-refractivity contribution in [2.24, 2.45) is 0 Å². The van der Waals surface area contributed by atoms with Gasteiger partial charge in [0.2, 0.25) is 0 Å². The van der Waals surface area contributed by atoms with E-state index >= 15 is 0 Å². The van der Waals surface area contributed by atoms with E-state index in [1.807, 2.05) is 0 Å². The molecule has 0 atom stereocenters. The maximum absolute atomic E-state index is 13.3. The first-order valence-electron chi connectivity index (χ1n) is 15.7. The second-order valence-electron chi connectivity index (χ2n) is 11.0. The van der Waals surface area contributed by atoms with Crippen LogP contribution >= 0.6 is 23.2 Å². The molecule has 0 spiro atoms. The lowest BCUT2D eigenvalue weighted by Crippen LogP contribution is -2.50. The molecule has 0 radical (unpaired) electrons. The van der Waals surface area contributed by atoms with Crippen molar-refractivity contribution in [3.05, 3.63) is 57.6 Å². The number of rotatable bonds is 14. The van der Waals surface area contributed by atoms with Crippen LogP contribution in [0.1, 0.15) is 61.3 Å². The lowest BCUT2D eigenvalue weighted by molar-refractivity contribution is -0.170. The van der Waals surface area contributed by atoms with E-state index in [1.165, 1.54) is 22.3 Å². The molecule has 46 heavy (non-hydrogen) atoms. The number of benzene rings is 2. The van der Waals surface area contributed by atoms with Gasteiger partial charge >= 0.3 is 11.9 Å². The van der Waals surface area contributed by atoms with Crippen LogP contribution < -0.4 is 10.1 Å². The van der Waals surface area contributed by atoms with Gasteiger partial charge in [-0.2, -0.15) is 10.1 Å². The van der Waals surface area contributed by atoms with E-state index in [1.54, 1.807) is 34.1 Å². The van der Waals surface area contributed by atoms with Gasteiger partial charge in [0.05, 0.1) is 22.5 Å². The van der Waals surface area contributed by atoms with Crippen molar-refractivity contribution < 1.29 is 28.9 Å². The lowest BCUT2D eigenvalue weighted by atomic mass is 10.1. The van der Waals surface area contributed by atoms with Gasteiger partial charge in [-0.1, -0.05) is 50.9 Å². The van der Waals surface area contributed by atoms with E-state index in [2.05, 4.69) is 37.5 Å². The maximum atomic E-state index is 13.3. The highest BCUT2D eigenvalue weighted by atomic mass is 35.5. The normalized spacial score (nSPS) is 14.6.